The zero-order valence-corrected chi connectivity index (χ0v) is 28.7. The lowest BCUT2D eigenvalue weighted by Crippen LogP contribution is -2.27. The number of hydrogen-bond donors (Lipinski definition) is 2. The Morgan fingerprint density at radius 3 is 2.09 bits per heavy atom. The molecular formula is C38H44N4O5. The largest absolute Gasteiger partial charge is 0.512 e. The summed E-state index contributed by atoms with van der Waals surface area (Å²) < 4.78 is 11.0. The summed E-state index contributed by atoms with van der Waals surface area (Å²) in [5.41, 5.74) is 10.7. The highest BCUT2D eigenvalue weighted by Crippen LogP contribution is 2.35. The Morgan fingerprint density at radius 1 is 0.766 bits per heavy atom. The molecule has 0 aromatic carbocycles. The van der Waals surface area contributed by atoms with Crippen LogP contribution in [0.1, 0.15) is 91.8 Å². The summed E-state index contributed by atoms with van der Waals surface area (Å²) in [6.45, 7) is 16.2. The molecule has 0 aliphatic carbocycles. The van der Waals surface area contributed by atoms with Gasteiger partial charge in [-0.15, -0.1) is 0 Å². The second kappa shape index (κ2) is 13.9. The molecule has 47 heavy (non-hydrogen) atoms. The number of fused-ring (bicyclic) bond motifs is 5. The zero-order valence-electron chi connectivity index (χ0n) is 28.7. The van der Waals surface area contributed by atoms with E-state index in [4.69, 9.17) is 24.5 Å². The number of carbonyl (C=O) groups is 2. The highest BCUT2D eigenvalue weighted by Gasteiger charge is 2.30. The number of carbonyl (C=O) groups excluding carboxylic acids is 2. The first-order valence-corrected chi connectivity index (χ1v) is 16.5. The summed E-state index contributed by atoms with van der Waals surface area (Å²) >= 11 is 0. The monoisotopic (exact) mass is 636 g/mol. The van der Waals surface area contributed by atoms with Crippen molar-refractivity contribution >= 4 is 47.0 Å². The number of ether oxygens (including phenoxy) is 2. The molecule has 4 aliphatic rings. The van der Waals surface area contributed by atoms with Gasteiger partial charge < -0.3 is 19.6 Å². The standard InChI is InChI=1S/C38H44N4O5/c1-9-14-46-35(44)13-12-26-21(5)27-16-29-22(6)36(24(8)43)33(41-29)18-28-20(4)25(11-3)31(39-28)17-30-23(7)37(38(45)47-15-10-2)34(42-30)19-32(26)40-27/h16-19,41,43H,9-15H2,1-8H3/b27-16?,31-17?,33-18?,34-19?,36-24-. The number of allylic oxidation sites excluding steroid dienone is 7. The maximum Gasteiger partial charge on any atom is 0.340 e. The van der Waals surface area contributed by atoms with Crippen LogP contribution in [0.3, 0.4) is 0 Å². The van der Waals surface area contributed by atoms with Crippen molar-refractivity contribution in [3.8, 4) is 0 Å². The van der Waals surface area contributed by atoms with E-state index in [1.165, 1.54) is 0 Å². The lowest BCUT2D eigenvalue weighted by molar-refractivity contribution is -0.143. The predicted molar refractivity (Wildman–Crippen MR) is 188 cm³/mol. The summed E-state index contributed by atoms with van der Waals surface area (Å²) in [7, 11) is 0. The van der Waals surface area contributed by atoms with Gasteiger partial charge in [0.15, 0.2) is 0 Å². The van der Waals surface area contributed by atoms with Crippen LogP contribution in [-0.2, 0) is 19.1 Å². The quantitative estimate of drug-likeness (QED) is 0.307. The van der Waals surface area contributed by atoms with Gasteiger partial charge in [-0.2, -0.15) is 0 Å². The molecule has 0 amide bonds. The van der Waals surface area contributed by atoms with Crippen LogP contribution in [0, 0.1) is 6.92 Å². The van der Waals surface area contributed by atoms with Gasteiger partial charge in [-0.25, -0.2) is 19.8 Å². The molecule has 1 aromatic heterocycles. The molecule has 0 atom stereocenters. The molecule has 5 heterocycles. The van der Waals surface area contributed by atoms with Crippen LogP contribution < -0.4 is 10.6 Å². The number of rotatable bonds is 9. The van der Waals surface area contributed by atoms with E-state index in [-0.39, 0.29) is 18.1 Å². The number of aliphatic imine (C=N–C) groups is 3. The Labute approximate surface area is 276 Å². The van der Waals surface area contributed by atoms with Crippen LogP contribution in [0.2, 0.25) is 0 Å². The van der Waals surface area contributed by atoms with E-state index in [0.717, 1.165) is 68.4 Å². The van der Waals surface area contributed by atoms with Gasteiger partial charge in [0.1, 0.15) is 0 Å². The van der Waals surface area contributed by atoms with Crippen molar-refractivity contribution in [3.05, 3.63) is 84.5 Å². The van der Waals surface area contributed by atoms with Gasteiger partial charge in [-0.3, -0.25) is 4.79 Å². The number of aromatic nitrogens is 1. The van der Waals surface area contributed by atoms with Crippen LogP contribution in [0.4, 0.5) is 0 Å². The molecular weight excluding hydrogens is 592 g/mol. The molecule has 0 saturated heterocycles. The fourth-order valence-corrected chi connectivity index (χ4v) is 6.30. The van der Waals surface area contributed by atoms with Crippen LogP contribution in [0.5, 0.6) is 0 Å². The third-order valence-corrected chi connectivity index (χ3v) is 8.86. The first-order chi connectivity index (χ1) is 22.5. The summed E-state index contributed by atoms with van der Waals surface area (Å²) in [5, 5.41) is 12.2. The van der Waals surface area contributed by atoms with Gasteiger partial charge >= 0.3 is 11.9 Å². The first kappa shape index (κ1) is 33.6. The first-order valence-electron chi connectivity index (χ1n) is 16.5. The molecule has 9 nitrogen and oxygen atoms in total. The van der Waals surface area contributed by atoms with Crippen molar-refractivity contribution in [1.29, 1.82) is 0 Å². The predicted octanol–water partition coefficient (Wildman–Crippen LogP) is 6.32. The van der Waals surface area contributed by atoms with E-state index in [1.807, 2.05) is 58.9 Å². The molecule has 4 aliphatic heterocycles. The van der Waals surface area contributed by atoms with Crippen molar-refractivity contribution in [1.82, 2.24) is 4.98 Å². The third kappa shape index (κ3) is 6.57. The van der Waals surface area contributed by atoms with E-state index in [2.05, 4.69) is 18.8 Å². The lowest BCUT2D eigenvalue weighted by atomic mass is 9.98. The number of esters is 2. The Morgan fingerprint density at radius 2 is 1.40 bits per heavy atom. The minimum absolute atomic E-state index is 0.193. The lowest BCUT2D eigenvalue weighted by Gasteiger charge is -2.09. The minimum atomic E-state index is -0.436. The number of nitrogens with zero attached hydrogens (tertiary/aromatic N) is 3. The van der Waals surface area contributed by atoms with E-state index in [9.17, 15) is 14.7 Å². The highest BCUT2D eigenvalue weighted by molar-refractivity contribution is 6.25. The average molecular weight is 637 g/mol. The number of nitrogens with one attached hydrogen (secondary N) is 1. The van der Waals surface area contributed by atoms with Gasteiger partial charge in [0.25, 0.3) is 0 Å². The molecule has 8 bridgehead atoms. The molecule has 0 radical (unpaired) electrons. The molecule has 2 N–H and O–H groups in total. The van der Waals surface area contributed by atoms with Crippen molar-refractivity contribution in [2.24, 2.45) is 15.0 Å². The van der Waals surface area contributed by atoms with Gasteiger partial charge in [-0.1, -0.05) is 20.8 Å². The van der Waals surface area contributed by atoms with Gasteiger partial charge in [0.05, 0.1) is 64.1 Å². The van der Waals surface area contributed by atoms with Gasteiger partial charge in [-0.05, 0) is 118 Å². The van der Waals surface area contributed by atoms with Crippen molar-refractivity contribution < 1.29 is 24.2 Å². The van der Waals surface area contributed by atoms with Crippen LogP contribution >= 0.6 is 0 Å². The van der Waals surface area contributed by atoms with E-state index >= 15 is 0 Å². The molecule has 0 spiro atoms. The van der Waals surface area contributed by atoms with Crippen molar-refractivity contribution in [2.75, 3.05) is 13.2 Å². The molecule has 0 unspecified atom stereocenters. The molecule has 0 saturated carbocycles. The number of hydrogen-bond acceptors (Lipinski definition) is 8. The van der Waals surface area contributed by atoms with Crippen LogP contribution in [0.25, 0.3) is 17.9 Å². The second-order valence-corrected chi connectivity index (χ2v) is 12.2. The van der Waals surface area contributed by atoms with Gasteiger partial charge in [0, 0.05) is 17.3 Å². The Kier molecular flexibility index (Phi) is 9.94. The highest BCUT2D eigenvalue weighted by atomic mass is 16.5. The molecule has 1 aromatic rings. The molecule has 9 heteroatoms. The van der Waals surface area contributed by atoms with Crippen molar-refractivity contribution in [2.45, 2.75) is 87.5 Å². The third-order valence-electron chi connectivity index (χ3n) is 8.86. The van der Waals surface area contributed by atoms with Gasteiger partial charge in [0.2, 0.25) is 0 Å². The fourth-order valence-electron chi connectivity index (χ4n) is 6.30. The second-order valence-electron chi connectivity index (χ2n) is 12.2. The normalized spacial score (nSPS) is 18.0. The maximum atomic E-state index is 13.5. The van der Waals surface area contributed by atoms with Crippen LogP contribution in [-0.4, -0.2) is 52.4 Å². The summed E-state index contributed by atoms with van der Waals surface area (Å²) in [5.74, 6) is -0.505. The fraction of sp³-hybridized carbons (Fsp3) is 0.395. The molecule has 5 rings (SSSR count). The Bertz CT molecular complexity index is 1960. The minimum Gasteiger partial charge on any atom is -0.512 e. The number of aliphatic hydroxyl groups is 1. The zero-order chi connectivity index (χ0) is 34.0. The molecule has 0 fully saturated rings. The maximum absolute atomic E-state index is 13.5. The number of H-pyrrole nitrogens is 1. The van der Waals surface area contributed by atoms with Crippen molar-refractivity contribution in [3.63, 3.8) is 0 Å². The molecule has 246 valence electrons. The van der Waals surface area contributed by atoms with Crippen LogP contribution in [0.15, 0.2) is 77.7 Å². The summed E-state index contributed by atoms with van der Waals surface area (Å²) in [4.78, 5) is 44.5. The Hall–Kier alpha value is -4.79. The van der Waals surface area contributed by atoms with E-state index in [1.54, 1.807) is 6.92 Å². The Balaban J connectivity index is 1.78. The topological polar surface area (TPSA) is 126 Å². The van der Waals surface area contributed by atoms with E-state index < -0.39 is 5.97 Å². The smallest absolute Gasteiger partial charge is 0.340 e. The average Bonchev–Trinajstić information content (AvgIpc) is 3.70. The SMILES string of the molecule is CCCOC(=O)CCC1=C(C)C2=Cc3[nH]c(/c(=C(/C)O)c3C)=CC3=NC(=CC4=NC(=CC1=N2)C(C(=O)OCCC)=C4C)C(CC)=C3C. The summed E-state index contributed by atoms with van der Waals surface area (Å²) in [6, 6.07) is 0. The summed E-state index contributed by atoms with van der Waals surface area (Å²) in [6.07, 6.45) is 10.5. The van der Waals surface area contributed by atoms with E-state index in [0.29, 0.717) is 60.0 Å². The number of aliphatic hydroxyl groups excluding tert-OH is 1. The number of aromatic amines is 1.